The van der Waals surface area contributed by atoms with Gasteiger partial charge in [0.25, 0.3) is 0 Å². The molecular weight excluding hydrogens is 286 g/mol. The molecule has 2 heterocycles. The topological polar surface area (TPSA) is 46.3 Å². The molecule has 0 bridgehead atoms. The van der Waals surface area contributed by atoms with Crippen molar-refractivity contribution < 1.29 is 9.52 Å². The lowest BCUT2D eigenvalue weighted by Gasteiger charge is -2.11. The van der Waals surface area contributed by atoms with Crippen LogP contribution in [0.5, 0.6) is 0 Å². The summed E-state index contributed by atoms with van der Waals surface area (Å²) in [4.78, 5) is 4.60. The molecule has 3 heteroatoms. The van der Waals surface area contributed by atoms with Crippen LogP contribution in [0.2, 0.25) is 0 Å². The van der Waals surface area contributed by atoms with E-state index in [1.54, 1.807) is 0 Å². The van der Waals surface area contributed by atoms with E-state index in [9.17, 15) is 5.11 Å². The number of hydrogen-bond acceptors (Lipinski definition) is 3. The van der Waals surface area contributed by atoms with Crippen LogP contribution in [0.15, 0.2) is 59.2 Å². The number of aliphatic hydroxyl groups excluding tert-OH is 1. The van der Waals surface area contributed by atoms with Gasteiger partial charge in [-0.1, -0.05) is 30.3 Å². The monoisotopic (exact) mass is 303 g/mol. The maximum absolute atomic E-state index is 9.60. The van der Waals surface area contributed by atoms with Gasteiger partial charge in [-0.25, -0.2) is 0 Å². The molecule has 0 radical (unpaired) electrons. The Morgan fingerprint density at radius 3 is 2.78 bits per heavy atom. The van der Waals surface area contributed by atoms with Gasteiger partial charge in [-0.2, -0.15) is 0 Å². The van der Waals surface area contributed by atoms with Gasteiger partial charge < -0.3 is 9.52 Å². The van der Waals surface area contributed by atoms with E-state index in [-0.39, 0.29) is 6.61 Å². The molecule has 2 aromatic heterocycles. The molecule has 4 rings (SSSR count). The number of aryl methyl sites for hydroxylation is 1. The SMILES string of the molecule is Cc1ccc(-c2cnc3c(c2)C(c2ccccc2CO)=CC3)o1. The Morgan fingerprint density at radius 2 is 2.00 bits per heavy atom. The van der Waals surface area contributed by atoms with E-state index in [0.29, 0.717) is 0 Å². The predicted octanol–water partition coefficient (Wildman–Crippen LogP) is 4.13. The maximum Gasteiger partial charge on any atom is 0.135 e. The van der Waals surface area contributed by atoms with Crippen LogP contribution in [0, 0.1) is 6.92 Å². The van der Waals surface area contributed by atoms with Gasteiger partial charge in [0.1, 0.15) is 11.5 Å². The Balaban J connectivity index is 1.81. The predicted molar refractivity (Wildman–Crippen MR) is 89.8 cm³/mol. The summed E-state index contributed by atoms with van der Waals surface area (Å²) in [6.07, 6.45) is 4.87. The minimum atomic E-state index is 0.0351. The number of aliphatic hydroxyl groups is 1. The average molecular weight is 303 g/mol. The Bertz CT molecular complexity index is 906. The van der Waals surface area contributed by atoms with Crippen molar-refractivity contribution in [3.05, 3.63) is 82.9 Å². The molecule has 1 aliphatic carbocycles. The fourth-order valence-electron chi connectivity index (χ4n) is 3.10. The molecule has 1 aromatic carbocycles. The second-order valence-corrected chi connectivity index (χ2v) is 5.77. The van der Waals surface area contributed by atoms with E-state index in [2.05, 4.69) is 23.2 Å². The van der Waals surface area contributed by atoms with Crippen LogP contribution in [0.4, 0.5) is 0 Å². The molecule has 0 amide bonds. The second-order valence-electron chi connectivity index (χ2n) is 5.77. The first-order valence-corrected chi connectivity index (χ1v) is 7.71. The minimum absolute atomic E-state index is 0.0351. The molecule has 0 saturated heterocycles. The highest BCUT2D eigenvalue weighted by atomic mass is 16.3. The van der Waals surface area contributed by atoms with Crippen LogP contribution in [-0.2, 0) is 13.0 Å². The second kappa shape index (κ2) is 5.52. The van der Waals surface area contributed by atoms with Crippen molar-refractivity contribution in [2.24, 2.45) is 0 Å². The van der Waals surface area contributed by atoms with Crippen molar-refractivity contribution in [2.75, 3.05) is 0 Å². The van der Waals surface area contributed by atoms with Gasteiger partial charge in [0.05, 0.1) is 12.3 Å². The summed E-state index contributed by atoms with van der Waals surface area (Å²) in [5, 5.41) is 9.60. The van der Waals surface area contributed by atoms with Crippen LogP contribution >= 0.6 is 0 Å². The average Bonchev–Trinajstić information content (AvgIpc) is 3.20. The molecule has 0 saturated carbocycles. The zero-order valence-electron chi connectivity index (χ0n) is 12.9. The summed E-state index contributed by atoms with van der Waals surface area (Å²) in [6.45, 7) is 1.97. The van der Waals surface area contributed by atoms with E-state index in [4.69, 9.17) is 4.42 Å². The third-order valence-corrected chi connectivity index (χ3v) is 4.26. The number of aromatic nitrogens is 1. The molecular formula is C20H17NO2. The smallest absolute Gasteiger partial charge is 0.135 e. The minimum Gasteiger partial charge on any atom is -0.461 e. The normalized spacial score (nSPS) is 13.0. The van der Waals surface area contributed by atoms with Gasteiger partial charge in [-0.05, 0) is 41.8 Å². The van der Waals surface area contributed by atoms with Gasteiger partial charge in [0.15, 0.2) is 0 Å². The number of rotatable bonds is 3. The number of benzene rings is 1. The van der Waals surface area contributed by atoms with E-state index >= 15 is 0 Å². The van der Waals surface area contributed by atoms with Crippen molar-refractivity contribution in [3.63, 3.8) is 0 Å². The van der Waals surface area contributed by atoms with Gasteiger partial charge in [-0.3, -0.25) is 4.98 Å². The summed E-state index contributed by atoms with van der Waals surface area (Å²) >= 11 is 0. The van der Waals surface area contributed by atoms with Crippen LogP contribution in [-0.4, -0.2) is 10.1 Å². The number of allylic oxidation sites excluding steroid dienone is 1. The standard InChI is InChI=1S/C20H17NO2/c1-13-6-9-20(23-13)15-10-18-17(7-8-19(18)21-11-15)16-5-3-2-4-14(16)12-22/h2-7,9-11,22H,8,12H2,1H3. The Kier molecular flexibility index (Phi) is 3.36. The molecule has 0 atom stereocenters. The molecule has 3 nitrogen and oxygen atoms in total. The molecule has 1 N–H and O–H groups in total. The molecule has 0 unspecified atom stereocenters. The quantitative estimate of drug-likeness (QED) is 0.791. The number of nitrogens with zero attached hydrogens (tertiary/aromatic N) is 1. The number of fused-ring (bicyclic) bond motifs is 1. The Morgan fingerprint density at radius 1 is 1.13 bits per heavy atom. The number of furan rings is 1. The first-order valence-electron chi connectivity index (χ1n) is 7.71. The summed E-state index contributed by atoms with van der Waals surface area (Å²) in [6, 6.07) is 14.0. The number of hydrogen-bond donors (Lipinski definition) is 1. The van der Waals surface area contributed by atoms with Crippen LogP contribution in [0.25, 0.3) is 16.9 Å². The highest BCUT2D eigenvalue weighted by Crippen LogP contribution is 2.36. The van der Waals surface area contributed by atoms with Gasteiger partial charge in [0, 0.05) is 23.7 Å². The van der Waals surface area contributed by atoms with E-state index < -0.39 is 0 Å². The summed E-state index contributed by atoms with van der Waals surface area (Å²) in [7, 11) is 0. The lowest BCUT2D eigenvalue weighted by Crippen LogP contribution is -1.96. The first-order chi connectivity index (χ1) is 11.3. The van der Waals surface area contributed by atoms with Crippen molar-refractivity contribution in [2.45, 2.75) is 20.0 Å². The largest absolute Gasteiger partial charge is 0.461 e. The molecule has 0 spiro atoms. The lowest BCUT2D eigenvalue weighted by molar-refractivity contribution is 0.281. The lowest BCUT2D eigenvalue weighted by atomic mass is 9.95. The zero-order valence-corrected chi connectivity index (χ0v) is 12.9. The fourth-order valence-corrected chi connectivity index (χ4v) is 3.10. The Hall–Kier alpha value is -2.65. The fraction of sp³-hybridized carbons (Fsp3) is 0.150. The van der Waals surface area contributed by atoms with E-state index in [1.165, 1.54) is 0 Å². The molecule has 3 aromatic rings. The van der Waals surface area contributed by atoms with E-state index in [0.717, 1.165) is 51.5 Å². The van der Waals surface area contributed by atoms with Gasteiger partial charge in [-0.15, -0.1) is 0 Å². The van der Waals surface area contributed by atoms with Gasteiger partial charge in [0.2, 0.25) is 0 Å². The summed E-state index contributed by atoms with van der Waals surface area (Å²) < 4.78 is 5.72. The molecule has 114 valence electrons. The highest BCUT2D eigenvalue weighted by molar-refractivity contribution is 5.86. The molecule has 0 fully saturated rings. The molecule has 0 aliphatic heterocycles. The van der Waals surface area contributed by atoms with Crippen molar-refractivity contribution in [1.29, 1.82) is 0 Å². The number of pyridine rings is 1. The summed E-state index contributed by atoms with van der Waals surface area (Å²) in [5.41, 5.74) is 6.32. The highest BCUT2D eigenvalue weighted by Gasteiger charge is 2.20. The Labute approximate surface area is 134 Å². The van der Waals surface area contributed by atoms with Crippen molar-refractivity contribution >= 4 is 5.57 Å². The maximum atomic E-state index is 9.60. The third-order valence-electron chi connectivity index (χ3n) is 4.26. The van der Waals surface area contributed by atoms with Crippen molar-refractivity contribution in [3.8, 4) is 11.3 Å². The van der Waals surface area contributed by atoms with Crippen molar-refractivity contribution in [1.82, 2.24) is 4.98 Å². The zero-order chi connectivity index (χ0) is 15.8. The van der Waals surface area contributed by atoms with Crippen LogP contribution in [0.3, 0.4) is 0 Å². The third kappa shape index (κ3) is 2.39. The van der Waals surface area contributed by atoms with Crippen LogP contribution in [0.1, 0.15) is 28.1 Å². The summed E-state index contributed by atoms with van der Waals surface area (Å²) in [5.74, 6) is 1.72. The molecule has 23 heavy (non-hydrogen) atoms. The van der Waals surface area contributed by atoms with Gasteiger partial charge >= 0.3 is 0 Å². The first kappa shape index (κ1) is 14.0. The van der Waals surface area contributed by atoms with Crippen LogP contribution < -0.4 is 0 Å². The molecule has 1 aliphatic rings. The van der Waals surface area contributed by atoms with E-state index in [1.807, 2.05) is 43.5 Å².